The van der Waals surface area contributed by atoms with E-state index < -0.39 is 21.7 Å². The Kier molecular flexibility index (Phi) is 4.99. The van der Waals surface area contributed by atoms with Crippen molar-refractivity contribution >= 4 is 21.6 Å². The minimum Gasteiger partial charge on any atom is -0.467 e. The highest BCUT2D eigenvalue weighted by atomic mass is 32.2. The third-order valence-corrected chi connectivity index (χ3v) is 4.77. The first-order valence-corrected chi connectivity index (χ1v) is 8.97. The molecule has 26 heavy (non-hydrogen) atoms. The summed E-state index contributed by atoms with van der Waals surface area (Å²) in [6.07, 6.45) is 2.80. The lowest BCUT2D eigenvalue weighted by Gasteiger charge is -2.09. The smallest absolute Gasteiger partial charge is 0.270 e. The summed E-state index contributed by atoms with van der Waals surface area (Å²) in [6.45, 7) is 0.180. The number of carbonyl (C=O) groups is 1. The number of halogens is 1. The number of amides is 1. The Balaban J connectivity index is 1.72. The van der Waals surface area contributed by atoms with E-state index in [1.165, 1.54) is 24.6 Å². The maximum Gasteiger partial charge on any atom is 0.270 e. The average Bonchev–Trinajstić information content (AvgIpc) is 3.13. The molecule has 2 aromatic heterocycles. The number of furan rings is 1. The predicted octanol–water partition coefficient (Wildman–Crippen LogP) is 2.54. The molecule has 7 nitrogen and oxygen atoms in total. The van der Waals surface area contributed by atoms with Gasteiger partial charge in [-0.05, 0) is 48.5 Å². The first-order valence-electron chi connectivity index (χ1n) is 7.49. The standard InChI is InChI=1S/C17H14FN3O4S/c18-12-3-5-15(6-4-12)26(23,24)21-13-7-8-19-16(10-13)17(22)20-11-14-2-1-9-25-14/h1-10H,11H2,(H,19,21)(H,20,22). The minimum atomic E-state index is -3.91. The Bertz CT molecular complexity index is 1000. The maximum atomic E-state index is 12.9. The highest BCUT2D eigenvalue weighted by molar-refractivity contribution is 7.92. The lowest BCUT2D eigenvalue weighted by Crippen LogP contribution is -2.24. The molecule has 0 atom stereocenters. The summed E-state index contributed by atoms with van der Waals surface area (Å²) in [5, 5.41) is 2.62. The van der Waals surface area contributed by atoms with Crippen LogP contribution in [0.1, 0.15) is 16.2 Å². The van der Waals surface area contributed by atoms with Crippen molar-refractivity contribution in [1.82, 2.24) is 10.3 Å². The Morgan fingerprint density at radius 3 is 2.62 bits per heavy atom. The van der Waals surface area contributed by atoms with Crippen LogP contribution in [-0.2, 0) is 16.6 Å². The van der Waals surface area contributed by atoms with Gasteiger partial charge in [-0.3, -0.25) is 14.5 Å². The van der Waals surface area contributed by atoms with Crippen LogP contribution in [0.5, 0.6) is 0 Å². The van der Waals surface area contributed by atoms with Crippen LogP contribution in [-0.4, -0.2) is 19.3 Å². The van der Waals surface area contributed by atoms with Crippen LogP contribution in [0.15, 0.2) is 70.3 Å². The Morgan fingerprint density at radius 1 is 1.15 bits per heavy atom. The zero-order chi connectivity index (χ0) is 18.6. The van der Waals surface area contributed by atoms with Gasteiger partial charge in [0.2, 0.25) is 0 Å². The van der Waals surface area contributed by atoms with Crippen molar-refractivity contribution < 1.29 is 22.0 Å². The molecule has 0 aliphatic rings. The van der Waals surface area contributed by atoms with Crippen molar-refractivity contribution in [2.75, 3.05) is 4.72 Å². The molecule has 0 fully saturated rings. The summed E-state index contributed by atoms with van der Waals surface area (Å²) in [5.41, 5.74) is 0.198. The van der Waals surface area contributed by atoms with Gasteiger partial charge in [-0.1, -0.05) is 0 Å². The topological polar surface area (TPSA) is 101 Å². The van der Waals surface area contributed by atoms with E-state index in [1.807, 2.05) is 0 Å². The highest BCUT2D eigenvalue weighted by Crippen LogP contribution is 2.16. The van der Waals surface area contributed by atoms with Crippen LogP contribution in [0, 0.1) is 5.82 Å². The van der Waals surface area contributed by atoms with Crippen molar-refractivity contribution in [2.24, 2.45) is 0 Å². The molecular weight excluding hydrogens is 361 g/mol. The Labute approximate surface area is 148 Å². The number of anilines is 1. The molecule has 3 aromatic rings. The van der Waals surface area contributed by atoms with E-state index in [0.717, 1.165) is 24.3 Å². The molecule has 0 bridgehead atoms. The summed E-state index contributed by atoms with van der Waals surface area (Å²) in [7, 11) is -3.91. The minimum absolute atomic E-state index is 0.0378. The second-order valence-corrected chi connectivity index (χ2v) is 6.93. The van der Waals surface area contributed by atoms with Gasteiger partial charge in [0.25, 0.3) is 15.9 Å². The van der Waals surface area contributed by atoms with Gasteiger partial charge >= 0.3 is 0 Å². The van der Waals surface area contributed by atoms with E-state index in [2.05, 4.69) is 15.0 Å². The molecule has 134 valence electrons. The lowest BCUT2D eigenvalue weighted by atomic mass is 10.3. The molecule has 0 aliphatic carbocycles. The monoisotopic (exact) mass is 375 g/mol. The predicted molar refractivity (Wildman–Crippen MR) is 91.3 cm³/mol. The molecule has 1 amide bonds. The maximum absolute atomic E-state index is 12.9. The van der Waals surface area contributed by atoms with Gasteiger partial charge < -0.3 is 9.73 Å². The number of carbonyl (C=O) groups excluding carboxylic acids is 1. The van der Waals surface area contributed by atoms with Crippen molar-refractivity contribution in [1.29, 1.82) is 0 Å². The van der Waals surface area contributed by atoms with E-state index in [4.69, 9.17) is 4.42 Å². The van der Waals surface area contributed by atoms with Crippen LogP contribution in [0.4, 0.5) is 10.1 Å². The lowest BCUT2D eigenvalue weighted by molar-refractivity contribution is 0.0943. The fraction of sp³-hybridized carbons (Fsp3) is 0.0588. The number of benzene rings is 1. The van der Waals surface area contributed by atoms with E-state index in [1.54, 1.807) is 12.1 Å². The number of nitrogens with zero attached hydrogens (tertiary/aromatic N) is 1. The van der Waals surface area contributed by atoms with Crippen LogP contribution in [0.2, 0.25) is 0 Å². The number of nitrogens with one attached hydrogen (secondary N) is 2. The largest absolute Gasteiger partial charge is 0.467 e. The molecule has 0 aliphatic heterocycles. The average molecular weight is 375 g/mol. The van der Waals surface area contributed by atoms with Gasteiger partial charge in [0.15, 0.2) is 0 Å². The van der Waals surface area contributed by atoms with Gasteiger partial charge in [0, 0.05) is 6.20 Å². The number of sulfonamides is 1. The van der Waals surface area contributed by atoms with Crippen LogP contribution < -0.4 is 10.0 Å². The van der Waals surface area contributed by atoms with Crippen LogP contribution in [0.25, 0.3) is 0 Å². The Hall–Kier alpha value is -3.20. The molecular formula is C17H14FN3O4S. The third-order valence-electron chi connectivity index (χ3n) is 3.37. The molecule has 2 N–H and O–H groups in total. The summed E-state index contributed by atoms with van der Waals surface area (Å²) in [6, 6.07) is 10.5. The van der Waals surface area contributed by atoms with E-state index in [0.29, 0.717) is 5.76 Å². The van der Waals surface area contributed by atoms with Gasteiger partial charge in [-0.15, -0.1) is 0 Å². The van der Waals surface area contributed by atoms with Crippen molar-refractivity contribution in [3.63, 3.8) is 0 Å². The first-order chi connectivity index (χ1) is 12.4. The van der Waals surface area contributed by atoms with Crippen LogP contribution in [0.3, 0.4) is 0 Å². The number of pyridine rings is 1. The van der Waals surface area contributed by atoms with Gasteiger partial charge in [0.05, 0.1) is 23.4 Å². The zero-order valence-electron chi connectivity index (χ0n) is 13.3. The molecule has 3 rings (SSSR count). The molecule has 0 saturated heterocycles. The van der Waals surface area contributed by atoms with E-state index >= 15 is 0 Å². The number of hydrogen-bond acceptors (Lipinski definition) is 5. The molecule has 1 aromatic carbocycles. The van der Waals surface area contributed by atoms with Gasteiger partial charge in [-0.25, -0.2) is 12.8 Å². The molecule has 0 saturated carbocycles. The second kappa shape index (κ2) is 7.36. The summed E-state index contributed by atoms with van der Waals surface area (Å²) < 4.78 is 45.0. The highest BCUT2D eigenvalue weighted by Gasteiger charge is 2.16. The molecule has 9 heteroatoms. The molecule has 0 unspecified atom stereocenters. The number of hydrogen-bond donors (Lipinski definition) is 2. The van der Waals surface area contributed by atoms with Crippen molar-refractivity contribution in [2.45, 2.75) is 11.4 Å². The zero-order valence-corrected chi connectivity index (χ0v) is 14.2. The summed E-state index contributed by atoms with van der Waals surface area (Å²) >= 11 is 0. The second-order valence-electron chi connectivity index (χ2n) is 5.25. The van der Waals surface area contributed by atoms with E-state index in [-0.39, 0.29) is 22.8 Å². The quantitative estimate of drug-likeness (QED) is 0.689. The van der Waals surface area contributed by atoms with E-state index in [9.17, 15) is 17.6 Å². The Morgan fingerprint density at radius 2 is 1.92 bits per heavy atom. The summed E-state index contributed by atoms with van der Waals surface area (Å²) in [4.78, 5) is 16.0. The SMILES string of the molecule is O=C(NCc1ccco1)c1cc(NS(=O)(=O)c2ccc(F)cc2)ccn1. The van der Waals surface area contributed by atoms with Crippen molar-refractivity contribution in [3.8, 4) is 0 Å². The first kappa shape index (κ1) is 17.6. The fourth-order valence-electron chi connectivity index (χ4n) is 2.12. The summed E-state index contributed by atoms with van der Waals surface area (Å²) in [5.74, 6) is -0.445. The third kappa shape index (κ3) is 4.25. The van der Waals surface area contributed by atoms with Gasteiger partial charge in [-0.2, -0.15) is 0 Å². The number of rotatable bonds is 6. The van der Waals surface area contributed by atoms with Gasteiger partial charge in [0.1, 0.15) is 17.3 Å². The van der Waals surface area contributed by atoms with Crippen LogP contribution >= 0.6 is 0 Å². The van der Waals surface area contributed by atoms with Crippen molar-refractivity contribution in [3.05, 3.63) is 78.3 Å². The fourth-order valence-corrected chi connectivity index (χ4v) is 3.17. The molecule has 0 spiro atoms. The molecule has 0 radical (unpaired) electrons. The number of aromatic nitrogens is 1. The normalized spacial score (nSPS) is 11.1. The molecule has 2 heterocycles.